The molecule has 0 aromatic rings. The molecule has 1 rings (SSSR count). The predicted molar refractivity (Wildman–Crippen MR) is 73.4 cm³/mol. The number of halogens is 1. The van der Waals surface area contributed by atoms with Crippen LogP contribution in [-0.4, -0.2) is 69.1 Å². The van der Waals surface area contributed by atoms with E-state index < -0.39 is 10.0 Å². The fourth-order valence-corrected chi connectivity index (χ4v) is 2.54. The van der Waals surface area contributed by atoms with Gasteiger partial charge in [0.15, 0.2) is 0 Å². The van der Waals surface area contributed by atoms with Gasteiger partial charge in [-0.15, -0.1) is 12.4 Å². The zero-order valence-electron chi connectivity index (χ0n) is 11.0. The number of nitrogens with zero attached hydrogens (tertiary/aromatic N) is 2. The second-order valence-electron chi connectivity index (χ2n) is 4.31. The maximum Gasteiger partial charge on any atom is 0.237 e. The molecule has 0 saturated carbocycles. The predicted octanol–water partition coefficient (Wildman–Crippen LogP) is -0.490. The van der Waals surface area contributed by atoms with E-state index in [9.17, 15) is 13.2 Å². The lowest BCUT2D eigenvalue weighted by molar-refractivity contribution is -0.131. The first kappa shape index (κ1) is 17.6. The molecule has 1 aliphatic rings. The van der Waals surface area contributed by atoms with Gasteiger partial charge in [-0.2, -0.15) is 4.31 Å². The molecule has 1 aliphatic heterocycles. The molecule has 0 spiro atoms. The second kappa shape index (κ2) is 7.28. The van der Waals surface area contributed by atoms with Crippen LogP contribution in [0.15, 0.2) is 0 Å². The maximum absolute atomic E-state index is 11.9. The lowest BCUT2D eigenvalue weighted by atomic mass is 10.2. The van der Waals surface area contributed by atoms with Crippen molar-refractivity contribution in [1.29, 1.82) is 0 Å². The number of hydrogen-bond donors (Lipinski definition) is 1. The maximum atomic E-state index is 11.9. The van der Waals surface area contributed by atoms with Crippen molar-refractivity contribution in [3.8, 4) is 0 Å². The van der Waals surface area contributed by atoms with Crippen molar-refractivity contribution >= 4 is 28.3 Å². The van der Waals surface area contributed by atoms with Crippen molar-refractivity contribution in [3.05, 3.63) is 0 Å². The normalized spacial score (nSPS) is 19.7. The van der Waals surface area contributed by atoms with Crippen LogP contribution in [0.3, 0.4) is 0 Å². The Hall–Kier alpha value is -0.370. The van der Waals surface area contributed by atoms with Gasteiger partial charge in [0.25, 0.3) is 0 Å². The van der Waals surface area contributed by atoms with Crippen LogP contribution in [0.25, 0.3) is 0 Å². The number of sulfonamides is 1. The quantitative estimate of drug-likeness (QED) is 0.744. The topological polar surface area (TPSA) is 69.7 Å². The average Bonchev–Trinajstić information content (AvgIpc) is 2.81. The van der Waals surface area contributed by atoms with E-state index in [0.29, 0.717) is 0 Å². The van der Waals surface area contributed by atoms with Crippen molar-refractivity contribution in [2.75, 3.05) is 39.5 Å². The Morgan fingerprint density at radius 3 is 2.44 bits per heavy atom. The molecule has 0 radical (unpaired) electrons. The molecule has 0 aromatic carbocycles. The number of hydrogen-bond acceptors (Lipinski definition) is 4. The molecule has 1 atom stereocenters. The zero-order chi connectivity index (χ0) is 13.1. The summed E-state index contributed by atoms with van der Waals surface area (Å²) >= 11 is 0. The van der Waals surface area contributed by atoms with Gasteiger partial charge in [-0.25, -0.2) is 8.42 Å². The van der Waals surface area contributed by atoms with Gasteiger partial charge in [-0.05, 0) is 19.9 Å². The average molecular weight is 300 g/mol. The van der Waals surface area contributed by atoms with Gasteiger partial charge >= 0.3 is 0 Å². The molecule has 0 aromatic heterocycles. The third-order valence-corrected chi connectivity index (χ3v) is 4.98. The fourth-order valence-electron chi connectivity index (χ4n) is 1.79. The Morgan fingerprint density at radius 2 is 2.00 bits per heavy atom. The van der Waals surface area contributed by atoms with Crippen molar-refractivity contribution in [2.24, 2.45) is 0 Å². The number of carbonyl (C=O) groups is 1. The van der Waals surface area contributed by atoms with E-state index in [-0.39, 0.29) is 36.7 Å². The smallest absolute Gasteiger partial charge is 0.237 e. The zero-order valence-corrected chi connectivity index (χ0v) is 12.7. The molecule has 1 amide bonds. The Balaban J connectivity index is 0.00000289. The van der Waals surface area contributed by atoms with Gasteiger partial charge < -0.3 is 10.2 Å². The van der Waals surface area contributed by atoms with Crippen LogP contribution in [0, 0.1) is 0 Å². The summed E-state index contributed by atoms with van der Waals surface area (Å²) in [6, 6.07) is 0.181. The van der Waals surface area contributed by atoms with Gasteiger partial charge in [-0.1, -0.05) is 0 Å². The molecule has 1 heterocycles. The largest absolute Gasteiger partial charge is 0.340 e. The first-order valence-electron chi connectivity index (χ1n) is 5.79. The van der Waals surface area contributed by atoms with Gasteiger partial charge in [-0.3, -0.25) is 4.79 Å². The molecule has 1 fully saturated rings. The van der Waals surface area contributed by atoms with Crippen LogP contribution in [0.2, 0.25) is 0 Å². The van der Waals surface area contributed by atoms with Crippen molar-refractivity contribution in [3.63, 3.8) is 0 Å². The summed E-state index contributed by atoms with van der Waals surface area (Å²) in [5, 5.41) is 3.18. The minimum atomic E-state index is -3.28. The van der Waals surface area contributed by atoms with Crippen LogP contribution in [-0.2, 0) is 14.8 Å². The molecule has 1 unspecified atom stereocenters. The van der Waals surface area contributed by atoms with E-state index in [4.69, 9.17) is 0 Å². The van der Waals surface area contributed by atoms with E-state index in [1.165, 1.54) is 7.05 Å². The molecular weight excluding hydrogens is 278 g/mol. The van der Waals surface area contributed by atoms with Crippen molar-refractivity contribution < 1.29 is 13.2 Å². The van der Waals surface area contributed by atoms with Gasteiger partial charge in [0.2, 0.25) is 15.9 Å². The van der Waals surface area contributed by atoms with Gasteiger partial charge in [0, 0.05) is 26.7 Å². The minimum Gasteiger partial charge on any atom is -0.340 e. The molecule has 1 N–H and O–H groups in total. The highest BCUT2D eigenvalue weighted by Gasteiger charge is 2.26. The summed E-state index contributed by atoms with van der Waals surface area (Å²) in [7, 11) is -0.110. The highest BCUT2D eigenvalue weighted by molar-refractivity contribution is 7.89. The van der Waals surface area contributed by atoms with E-state index in [2.05, 4.69) is 5.32 Å². The monoisotopic (exact) mass is 299 g/mol. The molecule has 18 heavy (non-hydrogen) atoms. The lowest BCUT2D eigenvalue weighted by Crippen LogP contribution is -2.44. The van der Waals surface area contributed by atoms with E-state index >= 15 is 0 Å². The van der Waals surface area contributed by atoms with Crippen LogP contribution in [0.1, 0.15) is 13.3 Å². The molecule has 1 saturated heterocycles. The molecule has 108 valence electrons. The minimum absolute atomic E-state index is 0. The number of nitrogens with one attached hydrogen (secondary N) is 1. The summed E-state index contributed by atoms with van der Waals surface area (Å²) in [6.45, 7) is 3.18. The van der Waals surface area contributed by atoms with Crippen LogP contribution in [0.4, 0.5) is 0 Å². The SMILES string of the molecule is CCS(=O)(=O)N(C)CC(=O)N(C)C1CCNC1.Cl. The molecule has 0 aliphatic carbocycles. The fraction of sp³-hybridized carbons (Fsp3) is 0.900. The lowest BCUT2D eigenvalue weighted by Gasteiger charge is -2.26. The highest BCUT2D eigenvalue weighted by Crippen LogP contribution is 2.07. The standard InChI is InChI=1S/C10H21N3O3S.ClH/c1-4-17(15,16)12(2)8-10(14)13(3)9-5-6-11-7-9;/h9,11H,4-8H2,1-3H3;1H. The number of amides is 1. The Bertz CT molecular complexity index is 369. The van der Waals surface area contributed by atoms with Crippen LogP contribution < -0.4 is 5.32 Å². The molecular formula is C10H22ClN3O3S. The molecule has 6 nitrogen and oxygen atoms in total. The first-order valence-corrected chi connectivity index (χ1v) is 7.39. The summed E-state index contributed by atoms with van der Waals surface area (Å²) < 4.78 is 24.2. The summed E-state index contributed by atoms with van der Waals surface area (Å²) in [5.74, 6) is -0.135. The van der Waals surface area contributed by atoms with Crippen LogP contribution in [0.5, 0.6) is 0 Å². The Morgan fingerprint density at radius 1 is 1.39 bits per heavy atom. The summed E-state index contributed by atoms with van der Waals surface area (Å²) in [4.78, 5) is 13.5. The van der Waals surface area contributed by atoms with E-state index in [0.717, 1.165) is 23.8 Å². The first-order chi connectivity index (χ1) is 7.88. The summed E-state index contributed by atoms with van der Waals surface area (Å²) in [5.41, 5.74) is 0. The number of likely N-dealkylation sites (N-methyl/N-ethyl adjacent to an activating group) is 2. The van der Waals surface area contributed by atoms with Gasteiger partial charge in [0.05, 0.1) is 12.3 Å². The van der Waals surface area contributed by atoms with Gasteiger partial charge in [0.1, 0.15) is 0 Å². The second-order valence-corrected chi connectivity index (χ2v) is 6.67. The Kier molecular flexibility index (Phi) is 7.13. The van der Waals surface area contributed by atoms with Crippen LogP contribution >= 0.6 is 12.4 Å². The van der Waals surface area contributed by atoms with Crippen molar-refractivity contribution in [1.82, 2.24) is 14.5 Å². The third kappa shape index (κ3) is 4.38. The van der Waals surface area contributed by atoms with E-state index in [1.54, 1.807) is 18.9 Å². The highest BCUT2D eigenvalue weighted by atomic mass is 35.5. The third-order valence-electron chi connectivity index (χ3n) is 3.17. The molecule has 0 bridgehead atoms. The Labute approximate surface area is 115 Å². The van der Waals surface area contributed by atoms with E-state index in [1.807, 2.05) is 0 Å². The van der Waals surface area contributed by atoms with Crippen molar-refractivity contribution in [2.45, 2.75) is 19.4 Å². The summed E-state index contributed by atoms with van der Waals surface area (Å²) in [6.07, 6.45) is 0.923. The number of carbonyl (C=O) groups excluding carboxylic acids is 1. The molecule has 8 heteroatoms. The number of rotatable bonds is 5.